The smallest absolute Gasteiger partial charge is 0.243 e. The second kappa shape index (κ2) is 25.7. The van der Waals surface area contributed by atoms with Crippen molar-refractivity contribution in [3.05, 3.63) is 144 Å². The van der Waals surface area contributed by atoms with Crippen LogP contribution in [0.1, 0.15) is 49.9 Å². The number of nitrogens with one attached hydrogen (secondary N) is 4. The number of aliphatic hydroxyl groups excluding tert-OH is 2. The van der Waals surface area contributed by atoms with Crippen molar-refractivity contribution in [3.8, 4) is 0 Å². The predicted molar refractivity (Wildman–Crippen MR) is 240 cm³/mol. The zero-order chi connectivity index (χ0) is 42.2. The lowest BCUT2D eigenvalue weighted by molar-refractivity contribution is -0.133. The largest absolute Gasteiger partial charge is 0.388 e. The number of carbonyl (C=O) groups excluding carboxylic acids is 4. The highest BCUT2D eigenvalue weighted by Gasteiger charge is 2.38. The van der Waals surface area contributed by atoms with Crippen LogP contribution in [-0.4, -0.2) is 82.3 Å². The monoisotopic (exact) mass is 864 g/mol. The Bertz CT molecular complexity index is 1740. The summed E-state index contributed by atoms with van der Waals surface area (Å²) in [5.74, 6) is -2.86. The molecule has 4 rings (SSSR count). The molecule has 60 heavy (non-hydrogen) atoms. The van der Waals surface area contributed by atoms with Crippen molar-refractivity contribution in [3.63, 3.8) is 0 Å². The van der Waals surface area contributed by atoms with Crippen LogP contribution in [0.4, 0.5) is 0 Å². The fraction of sp³-hybridized carbons (Fsp3) is 0.391. The van der Waals surface area contributed by atoms with E-state index in [0.29, 0.717) is 0 Å². The highest BCUT2D eigenvalue weighted by atomic mass is 35.5. The van der Waals surface area contributed by atoms with E-state index in [0.717, 1.165) is 22.3 Å². The fourth-order valence-electron chi connectivity index (χ4n) is 6.78. The fourth-order valence-corrected chi connectivity index (χ4v) is 6.78. The molecule has 0 heterocycles. The second-order valence-corrected chi connectivity index (χ2v) is 15.6. The number of rotatable bonds is 21. The number of aliphatic hydroxyl groups is 2. The normalized spacial score (nSPS) is 15.0. The van der Waals surface area contributed by atoms with Gasteiger partial charge in [-0.3, -0.25) is 19.2 Å². The molecule has 4 aromatic carbocycles. The molecule has 8 atom stereocenters. The van der Waals surface area contributed by atoms with E-state index in [2.05, 4.69) is 21.3 Å². The molecule has 12 nitrogen and oxygen atoms in total. The highest BCUT2D eigenvalue weighted by Crippen LogP contribution is 2.17. The van der Waals surface area contributed by atoms with E-state index in [4.69, 9.17) is 11.5 Å². The van der Waals surface area contributed by atoms with Crippen molar-refractivity contribution in [1.29, 1.82) is 0 Å². The third kappa shape index (κ3) is 16.0. The predicted octanol–water partition coefficient (Wildman–Crippen LogP) is 3.43. The number of amides is 4. The van der Waals surface area contributed by atoms with Gasteiger partial charge >= 0.3 is 0 Å². The summed E-state index contributed by atoms with van der Waals surface area (Å²) in [7, 11) is 0. The topological polar surface area (TPSA) is 209 Å². The van der Waals surface area contributed by atoms with Crippen LogP contribution in [0.25, 0.3) is 0 Å². The second-order valence-electron chi connectivity index (χ2n) is 15.6. The minimum Gasteiger partial charge on any atom is -0.388 e. The van der Waals surface area contributed by atoms with Crippen molar-refractivity contribution < 1.29 is 29.4 Å². The van der Waals surface area contributed by atoms with Crippen LogP contribution in [0.5, 0.6) is 0 Å². The quantitative estimate of drug-likeness (QED) is 0.0621. The minimum atomic E-state index is -1.60. The molecule has 0 fully saturated rings. The van der Waals surface area contributed by atoms with Crippen LogP contribution in [0.3, 0.4) is 0 Å². The molecule has 0 saturated carbocycles. The molecule has 4 amide bonds. The average Bonchev–Trinajstić information content (AvgIpc) is 3.21. The van der Waals surface area contributed by atoms with Gasteiger partial charge in [-0.2, -0.15) is 0 Å². The summed E-state index contributed by atoms with van der Waals surface area (Å²) in [6.45, 7) is 7.15. The van der Waals surface area contributed by atoms with Gasteiger partial charge in [0.25, 0.3) is 0 Å². The Morgan fingerprint density at radius 1 is 0.433 bits per heavy atom. The number of nitrogens with two attached hydrogens (primary N) is 2. The van der Waals surface area contributed by atoms with E-state index in [-0.39, 0.29) is 62.3 Å². The van der Waals surface area contributed by atoms with Gasteiger partial charge < -0.3 is 42.9 Å². The van der Waals surface area contributed by atoms with Crippen LogP contribution in [0.2, 0.25) is 0 Å². The maximum Gasteiger partial charge on any atom is 0.243 e. The van der Waals surface area contributed by atoms with E-state index < -0.39 is 72.1 Å². The molecule has 10 N–H and O–H groups in total. The molecule has 0 spiro atoms. The van der Waals surface area contributed by atoms with Crippen molar-refractivity contribution >= 4 is 48.4 Å². The molecule has 0 saturated heterocycles. The first kappa shape index (κ1) is 51.3. The standard InChI is InChI=1S/C46H60N6O6.2ClH/c1-29(2)39(51-43(55)35(47)25-31-17-9-5-10-18-31)45(57)49-37(27-33-21-13-7-14-22-33)41(53)42(54)38(28-34-23-15-8-16-24-34)50-46(58)40(30(3)4)52-44(56)36(48)26-32-19-11-6-12-20-32;;/h5-24,29-30,35-42,53-54H,25-28,47-48H2,1-4H3,(H,49,57)(H,50,58)(H,51,55)(H,52,56);2*1H/t35-,36-,37-,38-,39-,40-,41-,42-;;/m0../s1. The third-order valence-corrected chi connectivity index (χ3v) is 10.2. The van der Waals surface area contributed by atoms with Gasteiger partial charge in [0.05, 0.1) is 24.2 Å². The number of benzene rings is 4. The van der Waals surface area contributed by atoms with Gasteiger partial charge in [-0.15, -0.1) is 24.8 Å². The third-order valence-electron chi connectivity index (χ3n) is 10.2. The average molecular weight is 866 g/mol. The maximum atomic E-state index is 14.0. The van der Waals surface area contributed by atoms with Crippen LogP contribution in [-0.2, 0) is 44.9 Å². The molecule has 0 aliphatic carbocycles. The number of hydrogen-bond acceptors (Lipinski definition) is 8. The van der Waals surface area contributed by atoms with Gasteiger partial charge in [0, 0.05) is 0 Å². The lowest BCUT2D eigenvalue weighted by Gasteiger charge is -2.35. The Morgan fingerprint density at radius 3 is 0.933 bits per heavy atom. The van der Waals surface area contributed by atoms with Gasteiger partial charge in [0.2, 0.25) is 23.6 Å². The van der Waals surface area contributed by atoms with E-state index in [9.17, 15) is 29.4 Å². The zero-order valence-corrected chi connectivity index (χ0v) is 36.3. The maximum absolute atomic E-state index is 14.0. The molecule has 14 heteroatoms. The minimum absolute atomic E-state index is 0. The van der Waals surface area contributed by atoms with E-state index in [1.807, 2.05) is 121 Å². The first-order chi connectivity index (χ1) is 27.7. The van der Waals surface area contributed by atoms with Crippen LogP contribution >= 0.6 is 24.8 Å². The summed E-state index contributed by atoms with van der Waals surface area (Å²) in [6, 6.07) is 31.0. The SMILES string of the molecule is CC(C)[C@H](NC(=O)[C@@H](N)Cc1ccccc1)C(=O)N[C@@H](Cc1ccccc1)[C@H](O)[C@@H](O)[C@H](Cc1ccccc1)NC(=O)[C@@H](NC(=O)[C@@H](N)Cc1ccccc1)C(C)C.Cl.Cl. The molecular formula is C46H62Cl2N6O6. The van der Waals surface area contributed by atoms with Crippen LogP contribution < -0.4 is 32.7 Å². The van der Waals surface area contributed by atoms with E-state index in [1.165, 1.54) is 0 Å². The summed E-state index contributed by atoms with van der Waals surface area (Å²) in [6.07, 6.45) is -2.42. The van der Waals surface area contributed by atoms with Gasteiger partial charge in [0.15, 0.2) is 0 Å². The summed E-state index contributed by atoms with van der Waals surface area (Å²) >= 11 is 0. The lowest BCUT2D eigenvalue weighted by atomic mass is 9.90. The Balaban J connectivity index is 0.00000620. The van der Waals surface area contributed by atoms with Crippen LogP contribution in [0, 0.1) is 11.8 Å². The summed E-state index contributed by atoms with van der Waals surface area (Å²) in [4.78, 5) is 54.6. The zero-order valence-electron chi connectivity index (χ0n) is 34.6. The van der Waals surface area contributed by atoms with Gasteiger partial charge in [-0.25, -0.2) is 0 Å². The van der Waals surface area contributed by atoms with Crippen molar-refractivity contribution in [1.82, 2.24) is 21.3 Å². The van der Waals surface area contributed by atoms with E-state index >= 15 is 0 Å². The Labute approximate surface area is 366 Å². The van der Waals surface area contributed by atoms with Crippen molar-refractivity contribution in [2.75, 3.05) is 0 Å². The van der Waals surface area contributed by atoms with Crippen molar-refractivity contribution in [2.24, 2.45) is 23.3 Å². The van der Waals surface area contributed by atoms with Gasteiger partial charge in [0.1, 0.15) is 24.3 Å². The highest BCUT2D eigenvalue weighted by molar-refractivity contribution is 5.91. The molecule has 0 aliphatic heterocycles. The number of hydrogen-bond donors (Lipinski definition) is 8. The summed E-state index contributed by atoms with van der Waals surface area (Å²) in [5, 5.41) is 35.4. The Kier molecular flexibility index (Phi) is 22.0. The number of carbonyl (C=O) groups is 4. The van der Waals surface area contributed by atoms with E-state index in [1.54, 1.807) is 27.7 Å². The molecule has 0 aromatic heterocycles. The van der Waals surface area contributed by atoms with Crippen molar-refractivity contribution in [2.45, 2.75) is 102 Å². The molecule has 4 aromatic rings. The first-order valence-corrected chi connectivity index (χ1v) is 20.0. The summed E-state index contributed by atoms with van der Waals surface area (Å²) < 4.78 is 0. The number of halogens is 2. The lowest BCUT2D eigenvalue weighted by Crippen LogP contribution is -2.62. The Morgan fingerprint density at radius 2 is 0.683 bits per heavy atom. The molecule has 0 aliphatic rings. The first-order valence-electron chi connectivity index (χ1n) is 20.0. The van der Waals surface area contributed by atoms with Crippen LogP contribution in [0.15, 0.2) is 121 Å². The summed E-state index contributed by atoms with van der Waals surface area (Å²) in [5.41, 5.74) is 15.8. The molecule has 0 unspecified atom stereocenters. The molecule has 0 bridgehead atoms. The Hall–Kier alpha value is -4.82. The van der Waals surface area contributed by atoms with Gasteiger partial charge in [-0.05, 0) is 59.8 Å². The molecular weight excluding hydrogens is 803 g/mol. The van der Waals surface area contributed by atoms with Gasteiger partial charge in [-0.1, -0.05) is 149 Å². The molecule has 0 radical (unpaired) electrons. The molecule has 326 valence electrons.